The summed E-state index contributed by atoms with van der Waals surface area (Å²) in [4.78, 5) is 16.3. The van der Waals surface area contributed by atoms with Crippen molar-refractivity contribution in [3.8, 4) is 17.2 Å². The summed E-state index contributed by atoms with van der Waals surface area (Å²) in [5, 5.41) is 4.31. The SMILES string of the molecule is CCOc1ccc(C(CNC(=O)Cc2ccc3c(c2)CCO3)c2c[nH]c3ccccc23)cc1OC. The Morgan fingerprint density at radius 2 is 2.00 bits per heavy atom. The van der Waals surface area contributed by atoms with E-state index in [2.05, 4.69) is 28.5 Å². The van der Waals surface area contributed by atoms with Gasteiger partial charge in [-0.05, 0) is 53.4 Å². The van der Waals surface area contributed by atoms with E-state index in [0.717, 1.165) is 39.8 Å². The quantitative estimate of drug-likeness (QED) is 0.361. The second-order valence-electron chi connectivity index (χ2n) is 8.71. The highest BCUT2D eigenvalue weighted by molar-refractivity contribution is 5.84. The maximum atomic E-state index is 12.9. The molecular weight excluding hydrogens is 440 g/mol. The summed E-state index contributed by atoms with van der Waals surface area (Å²) in [6, 6.07) is 20.2. The van der Waals surface area contributed by atoms with Gasteiger partial charge in [0, 0.05) is 36.0 Å². The van der Waals surface area contributed by atoms with Gasteiger partial charge in [-0.15, -0.1) is 0 Å². The van der Waals surface area contributed by atoms with Crippen molar-refractivity contribution in [2.45, 2.75) is 25.7 Å². The Labute approximate surface area is 205 Å². The van der Waals surface area contributed by atoms with Gasteiger partial charge < -0.3 is 24.5 Å². The Kier molecular flexibility index (Phi) is 6.62. The normalized spacial score (nSPS) is 13.2. The zero-order valence-electron chi connectivity index (χ0n) is 20.1. The van der Waals surface area contributed by atoms with E-state index in [9.17, 15) is 4.79 Å². The molecule has 2 N–H and O–H groups in total. The monoisotopic (exact) mass is 470 g/mol. The van der Waals surface area contributed by atoms with Gasteiger partial charge in [-0.1, -0.05) is 36.4 Å². The van der Waals surface area contributed by atoms with Gasteiger partial charge in [0.2, 0.25) is 5.91 Å². The van der Waals surface area contributed by atoms with E-state index in [0.29, 0.717) is 37.7 Å². The summed E-state index contributed by atoms with van der Waals surface area (Å²) in [5.74, 6) is 2.25. The maximum Gasteiger partial charge on any atom is 0.224 e. The van der Waals surface area contributed by atoms with E-state index in [-0.39, 0.29) is 11.8 Å². The first kappa shape index (κ1) is 22.8. The third kappa shape index (κ3) is 4.83. The number of rotatable bonds is 9. The van der Waals surface area contributed by atoms with Gasteiger partial charge >= 0.3 is 0 Å². The van der Waals surface area contributed by atoms with Crippen LogP contribution in [-0.2, 0) is 17.6 Å². The van der Waals surface area contributed by atoms with Crippen LogP contribution in [0, 0.1) is 0 Å². The molecule has 1 unspecified atom stereocenters. The number of hydrogen-bond donors (Lipinski definition) is 2. The lowest BCUT2D eigenvalue weighted by Gasteiger charge is -2.20. The molecule has 0 saturated heterocycles. The molecule has 1 aliphatic heterocycles. The highest BCUT2D eigenvalue weighted by Gasteiger charge is 2.21. The largest absolute Gasteiger partial charge is 0.493 e. The minimum absolute atomic E-state index is 0.00777. The number of hydrogen-bond acceptors (Lipinski definition) is 4. The van der Waals surface area contributed by atoms with Crippen LogP contribution >= 0.6 is 0 Å². The molecule has 4 aromatic rings. The van der Waals surface area contributed by atoms with Crippen LogP contribution in [0.3, 0.4) is 0 Å². The highest BCUT2D eigenvalue weighted by Crippen LogP contribution is 2.36. The topological polar surface area (TPSA) is 72.6 Å². The number of carbonyl (C=O) groups excluding carboxylic acids is 1. The van der Waals surface area contributed by atoms with Gasteiger partial charge in [-0.25, -0.2) is 0 Å². The van der Waals surface area contributed by atoms with Crippen molar-refractivity contribution in [1.29, 1.82) is 0 Å². The zero-order valence-corrected chi connectivity index (χ0v) is 20.1. The number of fused-ring (bicyclic) bond motifs is 2. The third-order valence-corrected chi connectivity index (χ3v) is 6.51. The summed E-state index contributed by atoms with van der Waals surface area (Å²) in [7, 11) is 1.64. The van der Waals surface area contributed by atoms with Crippen molar-refractivity contribution in [2.24, 2.45) is 0 Å². The van der Waals surface area contributed by atoms with Crippen LogP contribution in [0.2, 0.25) is 0 Å². The molecular formula is C29H30N2O4. The van der Waals surface area contributed by atoms with Crippen molar-refractivity contribution in [3.63, 3.8) is 0 Å². The second-order valence-corrected chi connectivity index (χ2v) is 8.71. The lowest BCUT2D eigenvalue weighted by Crippen LogP contribution is -2.30. The van der Waals surface area contributed by atoms with Crippen LogP contribution in [-0.4, -0.2) is 37.8 Å². The fraction of sp³-hybridized carbons (Fsp3) is 0.276. The minimum Gasteiger partial charge on any atom is -0.493 e. The average molecular weight is 471 g/mol. The van der Waals surface area contributed by atoms with E-state index in [1.165, 1.54) is 5.56 Å². The van der Waals surface area contributed by atoms with Gasteiger partial charge in [0.25, 0.3) is 0 Å². The van der Waals surface area contributed by atoms with Gasteiger partial charge in [-0.3, -0.25) is 4.79 Å². The Morgan fingerprint density at radius 1 is 1.11 bits per heavy atom. The fourth-order valence-electron chi connectivity index (χ4n) is 4.78. The van der Waals surface area contributed by atoms with Gasteiger partial charge in [0.15, 0.2) is 11.5 Å². The number of aromatic amines is 1. The lowest BCUT2D eigenvalue weighted by atomic mass is 9.90. The lowest BCUT2D eigenvalue weighted by molar-refractivity contribution is -0.120. The molecule has 0 spiro atoms. The molecule has 6 heteroatoms. The number of carbonyl (C=O) groups is 1. The van der Waals surface area contributed by atoms with Crippen molar-refractivity contribution >= 4 is 16.8 Å². The fourth-order valence-corrected chi connectivity index (χ4v) is 4.78. The van der Waals surface area contributed by atoms with E-state index in [1.54, 1.807) is 7.11 Å². The Bertz CT molecular complexity index is 1340. The molecule has 1 aromatic heterocycles. The molecule has 0 radical (unpaired) electrons. The molecule has 6 nitrogen and oxygen atoms in total. The molecule has 0 saturated carbocycles. The summed E-state index contributed by atoms with van der Waals surface area (Å²) in [6.07, 6.45) is 3.26. The molecule has 1 atom stereocenters. The minimum atomic E-state index is -0.0619. The summed E-state index contributed by atoms with van der Waals surface area (Å²) in [6.45, 7) is 3.69. The Balaban J connectivity index is 1.40. The van der Waals surface area contributed by atoms with Gasteiger partial charge in [-0.2, -0.15) is 0 Å². The molecule has 180 valence electrons. The molecule has 2 heterocycles. The van der Waals surface area contributed by atoms with Crippen LogP contribution in [0.25, 0.3) is 10.9 Å². The number of ether oxygens (including phenoxy) is 3. The number of nitrogens with one attached hydrogen (secondary N) is 2. The first-order valence-electron chi connectivity index (χ1n) is 12.0. The number of methoxy groups -OCH3 is 1. The molecule has 3 aromatic carbocycles. The first-order valence-corrected chi connectivity index (χ1v) is 12.0. The highest BCUT2D eigenvalue weighted by atomic mass is 16.5. The molecule has 35 heavy (non-hydrogen) atoms. The molecule has 1 amide bonds. The Hall–Kier alpha value is -3.93. The van der Waals surface area contributed by atoms with E-state index >= 15 is 0 Å². The van der Waals surface area contributed by atoms with Crippen LogP contribution in [0.15, 0.2) is 66.9 Å². The standard InChI is InChI=1S/C29H30N2O4/c1-3-34-27-11-9-20(16-28(27)33-2)23(24-18-30-25-7-5-4-6-22(24)25)17-31-29(32)15-19-8-10-26-21(14-19)12-13-35-26/h4-11,14,16,18,23,30H,3,12-13,15,17H2,1-2H3,(H,31,32). The summed E-state index contributed by atoms with van der Waals surface area (Å²) < 4.78 is 16.9. The van der Waals surface area contributed by atoms with E-state index in [1.807, 2.05) is 55.6 Å². The molecule has 1 aliphatic rings. The smallest absolute Gasteiger partial charge is 0.224 e. The molecule has 0 bridgehead atoms. The zero-order chi connectivity index (χ0) is 24.2. The summed E-state index contributed by atoms with van der Waals surface area (Å²) in [5.41, 5.74) is 5.41. The van der Waals surface area contributed by atoms with Crippen LogP contribution < -0.4 is 19.5 Å². The first-order chi connectivity index (χ1) is 17.2. The van der Waals surface area contributed by atoms with Crippen LogP contribution in [0.5, 0.6) is 17.2 Å². The number of para-hydroxylation sites is 1. The Morgan fingerprint density at radius 3 is 2.86 bits per heavy atom. The third-order valence-electron chi connectivity index (χ3n) is 6.51. The predicted octanol–water partition coefficient (Wildman–Crippen LogP) is 5.00. The number of aromatic nitrogens is 1. The van der Waals surface area contributed by atoms with Crippen LogP contribution in [0.4, 0.5) is 0 Å². The van der Waals surface area contributed by atoms with E-state index < -0.39 is 0 Å². The second kappa shape index (κ2) is 10.1. The number of amides is 1. The summed E-state index contributed by atoms with van der Waals surface area (Å²) >= 11 is 0. The van der Waals surface area contributed by atoms with Gasteiger partial charge in [0.05, 0.1) is 26.7 Å². The van der Waals surface area contributed by atoms with Crippen molar-refractivity contribution in [2.75, 3.05) is 26.9 Å². The molecule has 0 fully saturated rings. The van der Waals surface area contributed by atoms with Crippen molar-refractivity contribution in [3.05, 3.63) is 89.1 Å². The number of H-pyrrole nitrogens is 1. The number of benzene rings is 3. The maximum absolute atomic E-state index is 12.9. The predicted molar refractivity (Wildman–Crippen MR) is 137 cm³/mol. The average Bonchev–Trinajstić information content (AvgIpc) is 3.52. The van der Waals surface area contributed by atoms with Crippen molar-refractivity contribution < 1.29 is 19.0 Å². The van der Waals surface area contributed by atoms with Crippen LogP contribution in [0.1, 0.15) is 35.1 Å². The molecule has 0 aliphatic carbocycles. The molecule has 5 rings (SSSR count). The van der Waals surface area contributed by atoms with Gasteiger partial charge in [0.1, 0.15) is 5.75 Å². The van der Waals surface area contributed by atoms with E-state index in [4.69, 9.17) is 14.2 Å². The van der Waals surface area contributed by atoms with Crippen molar-refractivity contribution in [1.82, 2.24) is 10.3 Å².